The number of hydrogen-bond donors (Lipinski definition) is 1. The van der Waals surface area contributed by atoms with Gasteiger partial charge in [-0.15, -0.1) is 0 Å². The molecule has 2 atom stereocenters. The molecule has 2 aromatic rings. The summed E-state index contributed by atoms with van der Waals surface area (Å²) in [5.41, 5.74) is 2.54. The van der Waals surface area contributed by atoms with E-state index in [1.165, 1.54) is 11.1 Å². The third kappa shape index (κ3) is 4.02. The van der Waals surface area contributed by atoms with Gasteiger partial charge in [-0.3, -0.25) is 0 Å². The third-order valence-corrected chi connectivity index (χ3v) is 4.99. The Kier molecular flexibility index (Phi) is 4.84. The van der Waals surface area contributed by atoms with Gasteiger partial charge < -0.3 is 10.1 Å². The Hall–Kier alpha value is -1.45. The van der Waals surface area contributed by atoms with E-state index in [9.17, 15) is 0 Å². The molecule has 1 saturated heterocycles. The quantitative estimate of drug-likeness (QED) is 0.921. The van der Waals surface area contributed by atoms with Crippen molar-refractivity contribution in [1.29, 1.82) is 0 Å². The van der Waals surface area contributed by atoms with Gasteiger partial charge in [-0.2, -0.15) is 11.8 Å². The van der Waals surface area contributed by atoms with E-state index in [0.29, 0.717) is 12.6 Å². The number of rotatable bonds is 4. The molecule has 0 aliphatic carbocycles. The van der Waals surface area contributed by atoms with Crippen LogP contribution >= 0.6 is 11.8 Å². The minimum absolute atomic E-state index is 0.467. The van der Waals surface area contributed by atoms with Crippen LogP contribution in [0.15, 0.2) is 54.6 Å². The highest BCUT2D eigenvalue weighted by Crippen LogP contribution is 2.27. The van der Waals surface area contributed by atoms with Crippen molar-refractivity contribution in [2.24, 2.45) is 0 Å². The lowest BCUT2D eigenvalue weighted by Gasteiger charge is -2.27. The van der Waals surface area contributed by atoms with E-state index >= 15 is 0 Å². The van der Waals surface area contributed by atoms with Crippen LogP contribution in [0, 0.1) is 0 Å². The Bertz CT molecular complexity index is 547. The SMILES string of the molecule is CC1CNC(c2ccc(OCc3ccccc3)cc2)CS1. The van der Waals surface area contributed by atoms with Gasteiger partial charge in [0.15, 0.2) is 0 Å². The zero-order chi connectivity index (χ0) is 14.5. The normalized spacial score (nSPS) is 22.0. The lowest BCUT2D eigenvalue weighted by atomic mass is 10.1. The third-order valence-electron chi connectivity index (χ3n) is 3.73. The van der Waals surface area contributed by atoms with E-state index in [0.717, 1.165) is 23.3 Å². The maximum Gasteiger partial charge on any atom is 0.119 e. The molecule has 2 unspecified atom stereocenters. The van der Waals surface area contributed by atoms with Crippen molar-refractivity contribution < 1.29 is 4.74 Å². The van der Waals surface area contributed by atoms with Crippen molar-refractivity contribution in [3.05, 3.63) is 65.7 Å². The molecule has 0 spiro atoms. The summed E-state index contributed by atoms with van der Waals surface area (Å²) in [5, 5.41) is 4.32. The first kappa shape index (κ1) is 14.5. The topological polar surface area (TPSA) is 21.3 Å². The predicted molar refractivity (Wildman–Crippen MR) is 89.9 cm³/mol. The van der Waals surface area contributed by atoms with Crippen molar-refractivity contribution in [2.45, 2.75) is 24.8 Å². The summed E-state index contributed by atoms with van der Waals surface area (Å²) in [7, 11) is 0. The van der Waals surface area contributed by atoms with E-state index in [2.05, 4.69) is 48.6 Å². The number of nitrogens with one attached hydrogen (secondary N) is 1. The summed E-state index contributed by atoms with van der Waals surface area (Å²) < 4.78 is 5.83. The van der Waals surface area contributed by atoms with Gasteiger partial charge in [-0.1, -0.05) is 49.4 Å². The van der Waals surface area contributed by atoms with Gasteiger partial charge in [0.2, 0.25) is 0 Å². The molecule has 3 rings (SSSR count). The van der Waals surface area contributed by atoms with Crippen LogP contribution in [-0.4, -0.2) is 17.5 Å². The van der Waals surface area contributed by atoms with Crippen LogP contribution in [0.5, 0.6) is 5.75 Å². The second-order valence-electron chi connectivity index (χ2n) is 5.45. The number of ether oxygens (including phenoxy) is 1. The monoisotopic (exact) mass is 299 g/mol. The van der Waals surface area contributed by atoms with Gasteiger partial charge >= 0.3 is 0 Å². The van der Waals surface area contributed by atoms with Gasteiger partial charge in [0.25, 0.3) is 0 Å². The summed E-state index contributed by atoms with van der Waals surface area (Å²) in [5.74, 6) is 2.07. The molecule has 0 aromatic heterocycles. The molecule has 0 radical (unpaired) electrons. The maximum absolute atomic E-state index is 5.83. The van der Waals surface area contributed by atoms with Gasteiger partial charge in [-0.05, 0) is 23.3 Å². The first-order chi connectivity index (χ1) is 10.3. The second-order valence-corrected chi connectivity index (χ2v) is 6.92. The summed E-state index contributed by atoms with van der Waals surface area (Å²) in [4.78, 5) is 0. The van der Waals surface area contributed by atoms with Crippen LogP contribution in [0.4, 0.5) is 0 Å². The molecule has 21 heavy (non-hydrogen) atoms. The Morgan fingerprint density at radius 2 is 1.86 bits per heavy atom. The molecule has 1 aliphatic heterocycles. The van der Waals surface area contributed by atoms with Crippen molar-refractivity contribution in [2.75, 3.05) is 12.3 Å². The highest BCUT2D eigenvalue weighted by molar-refractivity contribution is 8.00. The van der Waals surface area contributed by atoms with Crippen molar-refractivity contribution in [1.82, 2.24) is 5.32 Å². The first-order valence-corrected chi connectivity index (χ1v) is 8.48. The molecule has 2 nitrogen and oxygen atoms in total. The van der Waals surface area contributed by atoms with E-state index in [1.807, 2.05) is 30.0 Å². The molecule has 2 aromatic carbocycles. The summed E-state index contributed by atoms with van der Waals surface area (Å²) in [6, 6.07) is 19.2. The van der Waals surface area contributed by atoms with Crippen molar-refractivity contribution in [3.63, 3.8) is 0 Å². The fourth-order valence-corrected chi connectivity index (χ4v) is 3.48. The summed E-state index contributed by atoms with van der Waals surface area (Å²) in [6.45, 7) is 3.98. The highest BCUT2D eigenvalue weighted by atomic mass is 32.2. The Balaban J connectivity index is 1.57. The fourth-order valence-electron chi connectivity index (χ4n) is 2.44. The van der Waals surface area contributed by atoms with Crippen LogP contribution in [-0.2, 0) is 6.61 Å². The Labute approximate surface area is 130 Å². The summed E-state index contributed by atoms with van der Waals surface area (Å²) in [6.07, 6.45) is 0. The zero-order valence-corrected chi connectivity index (χ0v) is 13.1. The van der Waals surface area contributed by atoms with E-state index in [4.69, 9.17) is 4.74 Å². The number of thioether (sulfide) groups is 1. The predicted octanol–water partition coefficient (Wildman–Crippen LogP) is 4.03. The molecule has 0 bridgehead atoms. The molecular formula is C18H21NOS. The minimum atomic E-state index is 0.467. The standard InChI is InChI=1S/C18H21NOS/c1-14-11-19-18(13-21-14)16-7-9-17(10-8-16)20-12-15-5-3-2-4-6-15/h2-10,14,18-19H,11-13H2,1H3. The Morgan fingerprint density at radius 1 is 1.10 bits per heavy atom. The lowest BCUT2D eigenvalue weighted by Crippen LogP contribution is -2.34. The number of benzene rings is 2. The average Bonchev–Trinajstić information content (AvgIpc) is 2.55. The fraction of sp³-hybridized carbons (Fsp3) is 0.333. The van der Waals surface area contributed by atoms with E-state index in [1.54, 1.807) is 0 Å². The zero-order valence-electron chi connectivity index (χ0n) is 12.3. The lowest BCUT2D eigenvalue weighted by molar-refractivity contribution is 0.306. The van der Waals surface area contributed by atoms with E-state index < -0.39 is 0 Å². The van der Waals surface area contributed by atoms with Crippen molar-refractivity contribution >= 4 is 11.8 Å². The van der Waals surface area contributed by atoms with Crippen LogP contribution in [0.25, 0.3) is 0 Å². The van der Waals surface area contributed by atoms with Gasteiger partial charge in [0.05, 0.1) is 0 Å². The van der Waals surface area contributed by atoms with E-state index in [-0.39, 0.29) is 0 Å². The maximum atomic E-state index is 5.83. The van der Waals surface area contributed by atoms with Crippen LogP contribution in [0.1, 0.15) is 24.1 Å². The molecule has 3 heteroatoms. The molecule has 110 valence electrons. The van der Waals surface area contributed by atoms with Crippen LogP contribution < -0.4 is 10.1 Å². The van der Waals surface area contributed by atoms with Gasteiger partial charge in [0, 0.05) is 23.6 Å². The smallest absolute Gasteiger partial charge is 0.119 e. The average molecular weight is 299 g/mol. The molecule has 1 N–H and O–H groups in total. The first-order valence-electron chi connectivity index (χ1n) is 7.43. The second kappa shape index (κ2) is 7.01. The number of hydrogen-bond acceptors (Lipinski definition) is 3. The molecule has 1 aliphatic rings. The Morgan fingerprint density at radius 3 is 2.52 bits per heavy atom. The van der Waals surface area contributed by atoms with Gasteiger partial charge in [-0.25, -0.2) is 0 Å². The van der Waals surface area contributed by atoms with Crippen LogP contribution in [0.2, 0.25) is 0 Å². The molecule has 0 amide bonds. The molecule has 0 saturated carbocycles. The minimum Gasteiger partial charge on any atom is -0.489 e. The van der Waals surface area contributed by atoms with Crippen molar-refractivity contribution in [3.8, 4) is 5.75 Å². The largest absolute Gasteiger partial charge is 0.489 e. The summed E-state index contributed by atoms with van der Waals surface area (Å²) >= 11 is 2.04. The molecule has 1 heterocycles. The molecular weight excluding hydrogens is 278 g/mol. The molecule has 1 fully saturated rings. The van der Waals surface area contributed by atoms with Crippen LogP contribution in [0.3, 0.4) is 0 Å². The highest BCUT2D eigenvalue weighted by Gasteiger charge is 2.19. The van der Waals surface area contributed by atoms with Gasteiger partial charge in [0.1, 0.15) is 12.4 Å².